The maximum atomic E-state index is 12.7. The van der Waals surface area contributed by atoms with E-state index in [0.717, 1.165) is 34.4 Å². The number of carbonyl (C=O) groups excluding carboxylic acids is 1. The fraction of sp³-hybridized carbons (Fsp3) is 0.364. The number of ether oxygens (including phenoxy) is 2. The monoisotopic (exact) mass is 435 g/mol. The van der Waals surface area contributed by atoms with Gasteiger partial charge in [0.05, 0.1) is 30.6 Å². The van der Waals surface area contributed by atoms with Crippen LogP contribution in [0.4, 0.5) is 5.82 Å². The highest BCUT2D eigenvalue weighted by molar-refractivity contribution is 5.95. The molecule has 0 saturated carbocycles. The Morgan fingerprint density at radius 2 is 2.12 bits per heavy atom. The topological polar surface area (TPSA) is 110 Å². The molecule has 166 valence electrons. The van der Waals surface area contributed by atoms with Crippen molar-refractivity contribution in [2.45, 2.75) is 6.42 Å². The summed E-state index contributed by atoms with van der Waals surface area (Å²) in [7, 11) is 1.64. The molecule has 0 aliphatic carbocycles. The number of hydrogen-bond acceptors (Lipinski definition) is 7. The molecular weight excluding hydrogens is 410 g/mol. The Balaban J connectivity index is 1.57. The Morgan fingerprint density at radius 1 is 1.25 bits per heavy atom. The summed E-state index contributed by atoms with van der Waals surface area (Å²) in [5.74, 6) is 0.529. The van der Waals surface area contributed by atoms with Gasteiger partial charge in [0.15, 0.2) is 11.5 Å². The van der Waals surface area contributed by atoms with Gasteiger partial charge in [0.2, 0.25) is 0 Å². The second-order valence-corrected chi connectivity index (χ2v) is 7.65. The van der Waals surface area contributed by atoms with Crippen LogP contribution in [0.3, 0.4) is 0 Å². The highest BCUT2D eigenvalue weighted by atomic mass is 16.5. The molecule has 0 bridgehead atoms. The molecule has 3 aromatic heterocycles. The second kappa shape index (κ2) is 8.93. The Kier molecular flexibility index (Phi) is 5.70. The molecule has 1 aromatic carbocycles. The predicted molar refractivity (Wildman–Crippen MR) is 120 cm³/mol. The van der Waals surface area contributed by atoms with Crippen molar-refractivity contribution in [3.63, 3.8) is 0 Å². The van der Waals surface area contributed by atoms with Crippen molar-refractivity contribution in [3.8, 4) is 11.3 Å². The van der Waals surface area contributed by atoms with Crippen molar-refractivity contribution in [2.75, 3.05) is 51.5 Å². The third-order valence-electron chi connectivity index (χ3n) is 5.53. The van der Waals surface area contributed by atoms with Crippen molar-refractivity contribution >= 4 is 28.3 Å². The number of anilines is 1. The Labute approximate surface area is 184 Å². The van der Waals surface area contributed by atoms with Crippen LogP contribution >= 0.6 is 0 Å². The molecule has 1 aliphatic heterocycles. The summed E-state index contributed by atoms with van der Waals surface area (Å²) in [6.07, 6.45) is 6.22. The van der Waals surface area contributed by atoms with Crippen LogP contribution in [-0.4, -0.2) is 77.0 Å². The van der Waals surface area contributed by atoms with Gasteiger partial charge >= 0.3 is 0 Å². The van der Waals surface area contributed by atoms with Gasteiger partial charge in [-0.05, 0) is 12.5 Å². The van der Waals surface area contributed by atoms with Crippen LogP contribution in [0.25, 0.3) is 27.8 Å². The summed E-state index contributed by atoms with van der Waals surface area (Å²) in [5, 5.41) is 11.1. The minimum absolute atomic E-state index is 0.212. The van der Waals surface area contributed by atoms with E-state index in [2.05, 4.69) is 25.4 Å². The fourth-order valence-electron chi connectivity index (χ4n) is 3.91. The predicted octanol–water partition coefficient (Wildman–Crippen LogP) is 1.88. The zero-order chi connectivity index (χ0) is 21.9. The summed E-state index contributed by atoms with van der Waals surface area (Å²) >= 11 is 0. The Hall–Kier alpha value is -3.50. The average Bonchev–Trinajstić information content (AvgIpc) is 3.48. The third-order valence-corrected chi connectivity index (χ3v) is 5.53. The maximum Gasteiger partial charge on any atom is 0.271 e. The van der Waals surface area contributed by atoms with Gasteiger partial charge < -0.3 is 24.1 Å². The van der Waals surface area contributed by atoms with E-state index >= 15 is 0 Å². The first-order chi connectivity index (χ1) is 15.7. The van der Waals surface area contributed by atoms with Crippen molar-refractivity contribution in [2.24, 2.45) is 0 Å². The van der Waals surface area contributed by atoms with Crippen molar-refractivity contribution in [3.05, 3.63) is 42.5 Å². The number of carbonyl (C=O) groups is 1. The molecule has 10 heteroatoms. The minimum Gasteiger partial charge on any atom is -0.385 e. The number of hydrogen-bond donors (Lipinski definition) is 2. The van der Waals surface area contributed by atoms with E-state index in [1.807, 2.05) is 28.8 Å². The number of imidazole rings is 1. The van der Waals surface area contributed by atoms with Gasteiger partial charge in [-0.3, -0.25) is 9.89 Å². The Morgan fingerprint density at radius 3 is 2.97 bits per heavy atom. The number of methoxy groups -OCH3 is 1. The first-order valence-corrected chi connectivity index (χ1v) is 10.7. The largest absolute Gasteiger partial charge is 0.385 e. The SMILES string of the molecule is COCCCNC(=O)c1cn2cc(-c3cccc4[nH]ncc34)nc(N3CCOCC3)c2n1. The normalized spacial score (nSPS) is 14.3. The maximum absolute atomic E-state index is 12.7. The fourth-order valence-corrected chi connectivity index (χ4v) is 3.91. The molecular formula is C22H25N7O3. The lowest BCUT2D eigenvalue weighted by Gasteiger charge is -2.28. The van der Waals surface area contributed by atoms with Gasteiger partial charge in [0.25, 0.3) is 5.91 Å². The summed E-state index contributed by atoms with van der Waals surface area (Å²) in [6.45, 7) is 3.81. The van der Waals surface area contributed by atoms with Crippen LogP contribution in [0, 0.1) is 0 Å². The van der Waals surface area contributed by atoms with Crippen LogP contribution in [0.1, 0.15) is 16.9 Å². The smallest absolute Gasteiger partial charge is 0.271 e. The molecule has 1 amide bonds. The van der Waals surface area contributed by atoms with Gasteiger partial charge in [-0.2, -0.15) is 5.10 Å². The molecule has 1 fully saturated rings. The van der Waals surface area contributed by atoms with Crippen molar-refractivity contribution in [1.29, 1.82) is 0 Å². The molecule has 0 spiro atoms. The number of morpholine rings is 1. The number of rotatable bonds is 7. The van der Waals surface area contributed by atoms with Gasteiger partial charge in [-0.15, -0.1) is 0 Å². The molecule has 32 heavy (non-hydrogen) atoms. The van der Waals surface area contributed by atoms with Gasteiger partial charge in [0, 0.05) is 56.7 Å². The van der Waals surface area contributed by atoms with E-state index in [1.165, 1.54) is 0 Å². The number of nitrogens with one attached hydrogen (secondary N) is 2. The second-order valence-electron chi connectivity index (χ2n) is 7.65. The summed E-state index contributed by atoms with van der Waals surface area (Å²) < 4.78 is 12.4. The molecule has 0 atom stereocenters. The number of fused-ring (bicyclic) bond motifs is 2. The van der Waals surface area contributed by atoms with Gasteiger partial charge in [-0.1, -0.05) is 12.1 Å². The van der Waals surface area contributed by atoms with Gasteiger partial charge in [0.1, 0.15) is 5.69 Å². The van der Waals surface area contributed by atoms with E-state index in [1.54, 1.807) is 19.5 Å². The van der Waals surface area contributed by atoms with Crippen molar-refractivity contribution in [1.82, 2.24) is 29.9 Å². The molecule has 1 aliphatic rings. The molecule has 4 aromatic rings. The summed E-state index contributed by atoms with van der Waals surface area (Å²) in [5.41, 5.74) is 3.70. The van der Waals surface area contributed by atoms with E-state index in [-0.39, 0.29) is 5.91 Å². The molecule has 2 N–H and O–H groups in total. The molecule has 0 radical (unpaired) electrons. The van der Waals surface area contributed by atoms with Crippen LogP contribution in [-0.2, 0) is 9.47 Å². The highest BCUT2D eigenvalue weighted by Crippen LogP contribution is 2.30. The van der Waals surface area contributed by atoms with E-state index in [9.17, 15) is 4.79 Å². The lowest BCUT2D eigenvalue weighted by molar-refractivity contribution is 0.0944. The molecule has 0 unspecified atom stereocenters. The van der Waals surface area contributed by atoms with Gasteiger partial charge in [-0.25, -0.2) is 9.97 Å². The highest BCUT2D eigenvalue weighted by Gasteiger charge is 2.21. The number of aromatic nitrogens is 5. The average molecular weight is 435 g/mol. The molecule has 10 nitrogen and oxygen atoms in total. The minimum atomic E-state index is -0.212. The van der Waals surface area contributed by atoms with E-state index < -0.39 is 0 Å². The third kappa shape index (κ3) is 3.90. The zero-order valence-electron chi connectivity index (χ0n) is 17.9. The van der Waals surface area contributed by atoms with Crippen LogP contribution in [0.15, 0.2) is 36.8 Å². The standard InChI is InChI=1S/C22H25N7O3/c1-31-9-3-6-23-22(30)19-14-29-13-18(15-4-2-5-17-16(15)12-24-27-17)25-20(21(29)26-19)28-7-10-32-11-8-28/h2,4-5,12-14H,3,6-11H2,1H3,(H,23,30)(H,24,27). The summed E-state index contributed by atoms with van der Waals surface area (Å²) in [4.78, 5) is 24.4. The molecule has 4 heterocycles. The van der Waals surface area contributed by atoms with Crippen LogP contribution < -0.4 is 10.2 Å². The zero-order valence-corrected chi connectivity index (χ0v) is 17.9. The number of nitrogens with zero attached hydrogens (tertiary/aromatic N) is 5. The van der Waals surface area contributed by atoms with Crippen LogP contribution in [0.5, 0.6) is 0 Å². The number of amides is 1. The summed E-state index contributed by atoms with van der Waals surface area (Å²) in [6, 6.07) is 5.98. The lowest BCUT2D eigenvalue weighted by atomic mass is 10.1. The number of H-pyrrole nitrogens is 1. The first kappa shape index (κ1) is 20.4. The molecule has 1 saturated heterocycles. The van der Waals surface area contributed by atoms with Crippen molar-refractivity contribution < 1.29 is 14.3 Å². The van der Waals surface area contributed by atoms with E-state index in [4.69, 9.17) is 14.5 Å². The Bertz CT molecular complexity index is 1240. The first-order valence-electron chi connectivity index (χ1n) is 10.7. The molecule has 5 rings (SSSR count). The quantitative estimate of drug-likeness (QED) is 0.427. The number of aromatic amines is 1. The van der Waals surface area contributed by atoms with Crippen LogP contribution in [0.2, 0.25) is 0 Å². The number of benzene rings is 1. The van der Waals surface area contributed by atoms with E-state index in [0.29, 0.717) is 50.8 Å². The lowest BCUT2D eigenvalue weighted by Crippen LogP contribution is -2.37.